The quantitative estimate of drug-likeness (QED) is 0.437. The molecular weight excluding hydrogens is 322 g/mol. The standard InChI is InChI=1S/C18H19N3O4/c22-18(20-14-7-8-14)13-6-9-16(17(12-13)21(23)24)19-10-11-25-15-4-2-1-3-5-15/h1-6,9,12,14,19H,7-8,10-11H2,(H,20,22). The Morgan fingerprint density at radius 1 is 1.20 bits per heavy atom. The number of nitro benzene ring substituents is 1. The van der Waals surface area contributed by atoms with Crippen LogP contribution in [-0.2, 0) is 0 Å². The van der Waals surface area contributed by atoms with E-state index in [2.05, 4.69) is 10.6 Å². The molecule has 0 atom stereocenters. The molecule has 7 nitrogen and oxygen atoms in total. The third-order valence-corrected chi connectivity index (χ3v) is 3.80. The monoisotopic (exact) mass is 341 g/mol. The van der Waals surface area contributed by atoms with Crippen LogP contribution >= 0.6 is 0 Å². The van der Waals surface area contributed by atoms with Crippen molar-refractivity contribution in [1.29, 1.82) is 0 Å². The van der Waals surface area contributed by atoms with Crippen LogP contribution < -0.4 is 15.4 Å². The number of hydrogen-bond acceptors (Lipinski definition) is 5. The van der Waals surface area contributed by atoms with E-state index in [1.165, 1.54) is 6.07 Å². The smallest absolute Gasteiger partial charge is 0.293 e. The van der Waals surface area contributed by atoms with Gasteiger partial charge in [-0.15, -0.1) is 0 Å². The van der Waals surface area contributed by atoms with Gasteiger partial charge in [-0.05, 0) is 37.1 Å². The topological polar surface area (TPSA) is 93.5 Å². The van der Waals surface area contributed by atoms with E-state index in [1.807, 2.05) is 30.3 Å². The van der Waals surface area contributed by atoms with Gasteiger partial charge in [-0.1, -0.05) is 18.2 Å². The minimum absolute atomic E-state index is 0.122. The zero-order valence-electron chi connectivity index (χ0n) is 13.6. The molecule has 1 aliphatic rings. The number of carbonyl (C=O) groups is 1. The molecule has 1 saturated carbocycles. The van der Waals surface area contributed by atoms with Crippen molar-refractivity contribution in [2.24, 2.45) is 0 Å². The molecule has 0 aromatic heterocycles. The lowest BCUT2D eigenvalue weighted by molar-refractivity contribution is -0.384. The van der Waals surface area contributed by atoms with E-state index >= 15 is 0 Å². The number of amides is 1. The normalized spacial score (nSPS) is 13.1. The number of hydrogen-bond donors (Lipinski definition) is 2. The molecule has 0 radical (unpaired) electrons. The molecule has 0 unspecified atom stereocenters. The first-order valence-electron chi connectivity index (χ1n) is 8.14. The second kappa shape index (κ2) is 7.65. The van der Waals surface area contributed by atoms with Crippen LogP contribution in [0.2, 0.25) is 0 Å². The summed E-state index contributed by atoms with van der Waals surface area (Å²) in [5.74, 6) is 0.468. The molecule has 2 N–H and O–H groups in total. The summed E-state index contributed by atoms with van der Waals surface area (Å²) in [5, 5.41) is 17.1. The second-order valence-corrected chi connectivity index (χ2v) is 5.83. The van der Waals surface area contributed by atoms with Crippen molar-refractivity contribution >= 4 is 17.3 Å². The summed E-state index contributed by atoms with van der Waals surface area (Å²) < 4.78 is 5.54. The number of para-hydroxylation sites is 1. The summed E-state index contributed by atoms with van der Waals surface area (Å²) in [6.45, 7) is 0.772. The Labute approximate surface area is 145 Å². The molecule has 7 heteroatoms. The minimum atomic E-state index is -0.492. The Morgan fingerprint density at radius 2 is 1.96 bits per heavy atom. The molecule has 3 rings (SSSR count). The molecule has 1 amide bonds. The molecule has 0 aliphatic heterocycles. The predicted molar refractivity (Wildman–Crippen MR) is 94.0 cm³/mol. The molecule has 2 aromatic carbocycles. The van der Waals surface area contributed by atoms with Crippen LogP contribution in [0.4, 0.5) is 11.4 Å². The zero-order valence-corrected chi connectivity index (χ0v) is 13.6. The van der Waals surface area contributed by atoms with E-state index in [9.17, 15) is 14.9 Å². The van der Waals surface area contributed by atoms with Gasteiger partial charge in [0.15, 0.2) is 0 Å². The van der Waals surface area contributed by atoms with Gasteiger partial charge in [-0.2, -0.15) is 0 Å². The number of nitro groups is 1. The predicted octanol–water partition coefficient (Wildman–Crippen LogP) is 2.98. The largest absolute Gasteiger partial charge is 0.492 e. The Balaban J connectivity index is 1.59. The fraction of sp³-hybridized carbons (Fsp3) is 0.278. The van der Waals surface area contributed by atoms with Gasteiger partial charge in [0.25, 0.3) is 11.6 Å². The maximum Gasteiger partial charge on any atom is 0.293 e. The van der Waals surface area contributed by atoms with Crippen LogP contribution in [0.1, 0.15) is 23.2 Å². The number of anilines is 1. The van der Waals surface area contributed by atoms with Gasteiger partial charge >= 0.3 is 0 Å². The van der Waals surface area contributed by atoms with Crippen molar-refractivity contribution in [2.45, 2.75) is 18.9 Å². The highest BCUT2D eigenvalue weighted by Gasteiger charge is 2.25. The summed E-state index contributed by atoms with van der Waals surface area (Å²) >= 11 is 0. The molecule has 0 saturated heterocycles. The van der Waals surface area contributed by atoms with E-state index in [-0.39, 0.29) is 17.6 Å². The molecule has 1 fully saturated rings. The molecular formula is C18H19N3O4. The van der Waals surface area contributed by atoms with E-state index in [0.717, 1.165) is 18.6 Å². The highest BCUT2D eigenvalue weighted by Crippen LogP contribution is 2.26. The summed E-state index contributed by atoms with van der Waals surface area (Å²) in [5.41, 5.74) is 0.539. The van der Waals surface area contributed by atoms with Crippen molar-refractivity contribution in [3.63, 3.8) is 0 Å². The van der Waals surface area contributed by atoms with Crippen LogP contribution in [0.3, 0.4) is 0 Å². The van der Waals surface area contributed by atoms with Crippen molar-refractivity contribution in [3.05, 3.63) is 64.2 Å². The number of benzene rings is 2. The Kier molecular flexibility index (Phi) is 5.13. The summed E-state index contributed by atoms with van der Waals surface area (Å²) in [7, 11) is 0. The lowest BCUT2D eigenvalue weighted by atomic mass is 10.1. The van der Waals surface area contributed by atoms with E-state index < -0.39 is 4.92 Å². The molecule has 25 heavy (non-hydrogen) atoms. The number of carbonyl (C=O) groups excluding carboxylic acids is 1. The molecule has 2 aromatic rings. The number of nitrogens with zero attached hydrogens (tertiary/aromatic N) is 1. The van der Waals surface area contributed by atoms with E-state index in [1.54, 1.807) is 12.1 Å². The fourth-order valence-corrected chi connectivity index (χ4v) is 2.34. The SMILES string of the molecule is O=C(NC1CC1)c1ccc(NCCOc2ccccc2)c([N+](=O)[O-])c1. The minimum Gasteiger partial charge on any atom is -0.492 e. The van der Waals surface area contributed by atoms with Crippen LogP contribution in [0.25, 0.3) is 0 Å². The first-order valence-corrected chi connectivity index (χ1v) is 8.14. The molecule has 0 heterocycles. The summed E-state index contributed by atoms with van der Waals surface area (Å²) in [6.07, 6.45) is 1.93. The van der Waals surface area contributed by atoms with Gasteiger partial charge in [0.1, 0.15) is 18.0 Å². The van der Waals surface area contributed by atoms with Crippen molar-refractivity contribution < 1.29 is 14.5 Å². The average Bonchev–Trinajstić information content (AvgIpc) is 3.43. The maximum atomic E-state index is 12.0. The maximum absolute atomic E-state index is 12.0. The highest BCUT2D eigenvalue weighted by atomic mass is 16.6. The van der Waals surface area contributed by atoms with Gasteiger partial charge < -0.3 is 15.4 Å². The fourth-order valence-electron chi connectivity index (χ4n) is 2.34. The van der Waals surface area contributed by atoms with Crippen LogP contribution in [0.5, 0.6) is 5.75 Å². The van der Waals surface area contributed by atoms with E-state index in [0.29, 0.717) is 24.4 Å². The third-order valence-electron chi connectivity index (χ3n) is 3.80. The van der Waals surface area contributed by atoms with Crippen molar-refractivity contribution in [3.8, 4) is 5.75 Å². The third kappa shape index (κ3) is 4.69. The van der Waals surface area contributed by atoms with Crippen molar-refractivity contribution in [2.75, 3.05) is 18.5 Å². The second-order valence-electron chi connectivity index (χ2n) is 5.83. The average molecular weight is 341 g/mol. The van der Waals surface area contributed by atoms with Crippen LogP contribution in [0, 0.1) is 10.1 Å². The summed E-state index contributed by atoms with van der Waals surface area (Å²) in [4.78, 5) is 22.8. The zero-order chi connectivity index (χ0) is 17.6. The molecule has 0 bridgehead atoms. The molecule has 0 spiro atoms. The first-order chi connectivity index (χ1) is 12.1. The van der Waals surface area contributed by atoms with Gasteiger partial charge in [0.05, 0.1) is 4.92 Å². The van der Waals surface area contributed by atoms with Crippen molar-refractivity contribution in [1.82, 2.24) is 5.32 Å². The Morgan fingerprint density at radius 3 is 2.64 bits per heavy atom. The van der Waals surface area contributed by atoms with Gasteiger partial charge in [0, 0.05) is 24.2 Å². The highest BCUT2D eigenvalue weighted by molar-refractivity contribution is 5.96. The Hall–Kier alpha value is -3.09. The molecule has 130 valence electrons. The Bertz CT molecular complexity index is 760. The molecule has 1 aliphatic carbocycles. The van der Waals surface area contributed by atoms with Crippen LogP contribution in [-0.4, -0.2) is 30.0 Å². The lowest BCUT2D eigenvalue weighted by Gasteiger charge is -2.10. The lowest BCUT2D eigenvalue weighted by Crippen LogP contribution is -2.25. The first kappa shape index (κ1) is 16.8. The van der Waals surface area contributed by atoms with Gasteiger partial charge in [-0.3, -0.25) is 14.9 Å². The summed E-state index contributed by atoms with van der Waals surface area (Å²) in [6, 6.07) is 14.0. The van der Waals surface area contributed by atoms with E-state index in [4.69, 9.17) is 4.74 Å². The number of rotatable bonds is 8. The van der Waals surface area contributed by atoms with Gasteiger partial charge in [-0.25, -0.2) is 0 Å². The number of ether oxygens (including phenoxy) is 1. The van der Waals surface area contributed by atoms with Gasteiger partial charge in [0.2, 0.25) is 0 Å². The van der Waals surface area contributed by atoms with Crippen LogP contribution in [0.15, 0.2) is 48.5 Å². The number of nitrogens with one attached hydrogen (secondary N) is 2.